The molecule has 17 heavy (non-hydrogen) atoms. The van der Waals surface area contributed by atoms with E-state index in [0.29, 0.717) is 5.52 Å². The van der Waals surface area contributed by atoms with Crippen molar-refractivity contribution < 1.29 is 14.6 Å². The molecule has 1 N–H and O–H groups in total. The summed E-state index contributed by atoms with van der Waals surface area (Å²) in [6, 6.07) is 3.80. The van der Waals surface area contributed by atoms with E-state index < -0.39 is 12.6 Å². The molecule has 1 aromatic heterocycles. The monoisotopic (exact) mass is 296 g/mol. The van der Waals surface area contributed by atoms with Gasteiger partial charge in [0.25, 0.3) is 0 Å². The Bertz CT molecular complexity index is 586. The minimum absolute atomic E-state index is 0.206. The third-order valence-corrected chi connectivity index (χ3v) is 2.67. The van der Waals surface area contributed by atoms with Gasteiger partial charge in [-0.2, -0.15) is 0 Å². The van der Waals surface area contributed by atoms with Gasteiger partial charge in [0, 0.05) is 4.47 Å². The van der Waals surface area contributed by atoms with Crippen molar-refractivity contribution in [2.45, 2.75) is 6.92 Å². The van der Waals surface area contributed by atoms with Crippen LogP contribution in [0.5, 0.6) is 5.88 Å². The molecular weight excluding hydrogens is 288 g/mol. The zero-order chi connectivity index (χ0) is 12.4. The number of ether oxygens (including phenoxy) is 1. The summed E-state index contributed by atoms with van der Waals surface area (Å²) in [6.07, 6.45) is 1.41. The molecule has 0 atom stereocenters. The standard InChI is InChI=1S/C11H9BrN2O3/c1-6-2-7(12)11-8(3-6)14-9(4-13-11)17-5-10(15)16/h2-4H,5H2,1H3,(H,15,16). The molecular formula is C11H9BrN2O3. The van der Waals surface area contributed by atoms with Crippen LogP contribution in [0.25, 0.3) is 11.0 Å². The topological polar surface area (TPSA) is 72.3 Å². The van der Waals surface area contributed by atoms with E-state index in [0.717, 1.165) is 15.6 Å². The highest BCUT2D eigenvalue weighted by molar-refractivity contribution is 9.10. The Kier molecular flexibility index (Phi) is 3.23. The number of aromatic nitrogens is 2. The van der Waals surface area contributed by atoms with Crippen molar-refractivity contribution in [3.63, 3.8) is 0 Å². The molecule has 0 aliphatic rings. The number of carbonyl (C=O) groups is 1. The first-order valence-electron chi connectivity index (χ1n) is 4.84. The van der Waals surface area contributed by atoms with E-state index in [1.165, 1.54) is 6.20 Å². The number of hydrogen-bond donors (Lipinski definition) is 1. The summed E-state index contributed by atoms with van der Waals surface area (Å²) in [5, 5.41) is 8.50. The number of carboxylic acids is 1. The van der Waals surface area contributed by atoms with Gasteiger partial charge in [0.05, 0.1) is 11.7 Å². The maximum absolute atomic E-state index is 10.4. The summed E-state index contributed by atoms with van der Waals surface area (Å²) in [4.78, 5) is 18.7. The number of carboxylic acid groups (broad SMARTS) is 1. The zero-order valence-corrected chi connectivity index (χ0v) is 10.6. The van der Waals surface area contributed by atoms with E-state index in [2.05, 4.69) is 25.9 Å². The van der Waals surface area contributed by atoms with E-state index >= 15 is 0 Å². The van der Waals surface area contributed by atoms with Crippen molar-refractivity contribution in [2.75, 3.05) is 6.61 Å². The molecule has 0 fully saturated rings. The van der Waals surface area contributed by atoms with Crippen LogP contribution in [0.15, 0.2) is 22.8 Å². The average Bonchev–Trinajstić information content (AvgIpc) is 2.25. The fraction of sp³-hybridized carbons (Fsp3) is 0.182. The molecule has 0 unspecified atom stereocenters. The average molecular weight is 297 g/mol. The molecule has 0 saturated carbocycles. The second kappa shape index (κ2) is 4.67. The van der Waals surface area contributed by atoms with Crippen molar-refractivity contribution >= 4 is 32.9 Å². The van der Waals surface area contributed by atoms with E-state index in [1.807, 2.05) is 19.1 Å². The van der Waals surface area contributed by atoms with Crippen molar-refractivity contribution in [2.24, 2.45) is 0 Å². The molecule has 0 aliphatic carbocycles. The second-order valence-corrected chi connectivity index (χ2v) is 4.36. The Labute approximate surface area is 106 Å². The molecule has 1 aromatic carbocycles. The Morgan fingerprint density at radius 3 is 3.00 bits per heavy atom. The lowest BCUT2D eigenvalue weighted by Crippen LogP contribution is -2.10. The first kappa shape index (κ1) is 11.8. The van der Waals surface area contributed by atoms with E-state index in [4.69, 9.17) is 9.84 Å². The van der Waals surface area contributed by atoms with Crippen molar-refractivity contribution in [1.29, 1.82) is 0 Å². The van der Waals surface area contributed by atoms with Gasteiger partial charge in [-0.15, -0.1) is 0 Å². The zero-order valence-electron chi connectivity index (χ0n) is 8.98. The maximum atomic E-state index is 10.4. The number of hydrogen-bond acceptors (Lipinski definition) is 4. The normalized spacial score (nSPS) is 10.5. The highest BCUT2D eigenvalue weighted by Gasteiger charge is 2.06. The van der Waals surface area contributed by atoms with Gasteiger partial charge in [0.15, 0.2) is 6.61 Å². The summed E-state index contributed by atoms with van der Waals surface area (Å²) in [5.41, 5.74) is 2.42. The van der Waals surface area contributed by atoms with Crippen LogP contribution in [0.4, 0.5) is 0 Å². The smallest absolute Gasteiger partial charge is 0.341 e. The predicted molar refractivity (Wildman–Crippen MR) is 65.1 cm³/mol. The molecule has 2 aromatic rings. The van der Waals surface area contributed by atoms with Crippen molar-refractivity contribution in [1.82, 2.24) is 9.97 Å². The number of nitrogens with zero attached hydrogens (tertiary/aromatic N) is 2. The molecule has 0 bridgehead atoms. The summed E-state index contributed by atoms with van der Waals surface area (Å²) in [7, 11) is 0. The van der Waals surface area contributed by atoms with Crippen LogP contribution in [-0.4, -0.2) is 27.7 Å². The van der Waals surface area contributed by atoms with Crippen LogP contribution in [0, 0.1) is 6.92 Å². The van der Waals surface area contributed by atoms with Gasteiger partial charge < -0.3 is 9.84 Å². The van der Waals surface area contributed by atoms with Crippen LogP contribution < -0.4 is 4.74 Å². The van der Waals surface area contributed by atoms with Crippen LogP contribution in [0.2, 0.25) is 0 Å². The molecule has 0 aliphatic heterocycles. The number of halogens is 1. The van der Waals surface area contributed by atoms with E-state index in [9.17, 15) is 4.79 Å². The largest absolute Gasteiger partial charge is 0.479 e. The van der Waals surface area contributed by atoms with Crippen LogP contribution >= 0.6 is 15.9 Å². The fourth-order valence-electron chi connectivity index (χ4n) is 1.40. The van der Waals surface area contributed by atoms with Gasteiger partial charge in [-0.3, -0.25) is 0 Å². The molecule has 0 amide bonds. The lowest BCUT2D eigenvalue weighted by molar-refractivity contribution is -0.139. The molecule has 5 nitrogen and oxygen atoms in total. The number of aryl methyl sites for hydroxylation is 1. The van der Waals surface area contributed by atoms with Gasteiger partial charge >= 0.3 is 5.97 Å². The lowest BCUT2D eigenvalue weighted by Gasteiger charge is -2.05. The third-order valence-electron chi connectivity index (χ3n) is 2.07. The van der Waals surface area contributed by atoms with Gasteiger partial charge in [0.1, 0.15) is 5.52 Å². The maximum Gasteiger partial charge on any atom is 0.341 e. The second-order valence-electron chi connectivity index (χ2n) is 3.51. The van der Waals surface area contributed by atoms with Gasteiger partial charge in [0.2, 0.25) is 5.88 Å². The summed E-state index contributed by atoms with van der Waals surface area (Å²) in [5.74, 6) is -0.838. The molecule has 2 rings (SSSR count). The SMILES string of the molecule is Cc1cc(Br)c2ncc(OCC(=O)O)nc2c1. The van der Waals surface area contributed by atoms with Crippen LogP contribution in [0.1, 0.15) is 5.56 Å². The Morgan fingerprint density at radius 2 is 2.29 bits per heavy atom. The molecule has 0 saturated heterocycles. The predicted octanol–water partition coefficient (Wildman–Crippen LogP) is 2.16. The number of benzene rings is 1. The summed E-state index contributed by atoms with van der Waals surface area (Å²) >= 11 is 3.40. The van der Waals surface area contributed by atoms with Crippen LogP contribution in [-0.2, 0) is 4.79 Å². The third kappa shape index (κ3) is 2.71. The van der Waals surface area contributed by atoms with E-state index in [-0.39, 0.29) is 5.88 Å². The Balaban J connectivity index is 2.39. The highest BCUT2D eigenvalue weighted by atomic mass is 79.9. The molecule has 1 heterocycles. The fourth-order valence-corrected chi connectivity index (χ4v) is 2.07. The summed E-state index contributed by atoms with van der Waals surface area (Å²) in [6.45, 7) is 1.52. The number of fused-ring (bicyclic) bond motifs is 1. The molecule has 0 spiro atoms. The minimum Gasteiger partial charge on any atom is -0.479 e. The highest BCUT2D eigenvalue weighted by Crippen LogP contribution is 2.24. The summed E-state index contributed by atoms with van der Waals surface area (Å²) < 4.78 is 5.82. The Hall–Kier alpha value is -1.69. The molecule has 0 radical (unpaired) electrons. The number of aliphatic carboxylic acids is 1. The van der Waals surface area contributed by atoms with Gasteiger partial charge in [-0.05, 0) is 40.5 Å². The van der Waals surface area contributed by atoms with E-state index in [1.54, 1.807) is 0 Å². The minimum atomic E-state index is -1.04. The first-order chi connectivity index (χ1) is 8.06. The molecule has 88 valence electrons. The van der Waals surface area contributed by atoms with Crippen molar-refractivity contribution in [3.05, 3.63) is 28.4 Å². The quantitative estimate of drug-likeness (QED) is 0.940. The first-order valence-corrected chi connectivity index (χ1v) is 5.63. The lowest BCUT2D eigenvalue weighted by atomic mass is 10.2. The van der Waals surface area contributed by atoms with Gasteiger partial charge in [-0.1, -0.05) is 0 Å². The molecule has 6 heteroatoms. The van der Waals surface area contributed by atoms with Crippen molar-refractivity contribution in [3.8, 4) is 5.88 Å². The van der Waals surface area contributed by atoms with Crippen LogP contribution in [0.3, 0.4) is 0 Å². The van der Waals surface area contributed by atoms with Gasteiger partial charge in [-0.25, -0.2) is 14.8 Å². The number of rotatable bonds is 3. The Morgan fingerprint density at radius 1 is 1.53 bits per heavy atom.